The molecule has 0 saturated heterocycles. The van der Waals surface area contributed by atoms with Crippen LogP contribution in [-0.4, -0.2) is 54.6 Å². The first-order chi connectivity index (χ1) is 9.04. The lowest BCUT2D eigenvalue weighted by Gasteiger charge is -2.38. The van der Waals surface area contributed by atoms with Gasteiger partial charge in [-0.05, 0) is 25.8 Å². The molecule has 1 atom stereocenters. The summed E-state index contributed by atoms with van der Waals surface area (Å²) in [5.41, 5.74) is 7.51. The Bertz CT molecular complexity index is 329. The molecule has 1 heterocycles. The van der Waals surface area contributed by atoms with Crippen LogP contribution in [0.5, 0.6) is 0 Å². The Labute approximate surface area is 118 Å². The fourth-order valence-corrected chi connectivity index (χ4v) is 2.37. The number of nitrogens with zero attached hydrogens (tertiary/aromatic N) is 3. The first-order valence-corrected chi connectivity index (χ1v) is 7.43. The summed E-state index contributed by atoms with van der Waals surface area (Å²) in [4.78, 5) is 6.81. The van der Waals surface area contributed by atoms with E-state index >= 15 is 0 Å². The fourth-order valence-electron chi connectivity index (χ4n) is 2.37. The molecule has 0 radical (unpaired) electrons. The van der Waals surface area contributed by atoms with Gasteiger partial charge >= 0.3 is 0 Å². The van der Waals surface area contributed by atoms with Gasteiger partial charge in [0.15, 0.2) is 0 Å². The summed E-state index contributed by atoms with van der Waals surface area (Å²) >= 11 is 0. The van der Waals surface area contributed by atoms with Crippen LogP contribution in [0.3, 0.4) is 0 Å². The van der Waals surface area contributed by atoms with Gasteiger partial charge in [0.25, 0.3) is 0 Å². The number of allylic oxidation sites excluding steroid dienone is 1. The average molecular weight is 266 g/mol. The van der Waals surface area contributed by atoms with E-state index in [0.717, 1.165) is 32.5 Å². The van der Waals surface area contributed by atoms with Crippen molar-refractivity contribution >= 4 is 0 Å². The molecule has 0 bridgehead atoms. The highest BCUT2D eigenvalue weighted by molar-refractivity contribution is 5.28. The van der Waals surface area contributed by atoms with Crippen molar-refractivity contribution < 1.29 is 0 Å². The van der Waals surface area contributed by atoms with E-state index < -0.39 is 0 Å². The molecule has 0 aromatic rings. The van der Waals surface area contributed by atoms with Crippen LogP contribution in [0, 0.1) is 0 Å². The number of hydrogen-bond donors (Lipinski definition) is 1. The number of likely N-dealkylation sites (N-methyl/N-ethyl adjacent to an activating group) is 1. The van der Waals surface area contributed by atoms with Crippen LogP contribution >= 0.6 is 0 Å². The van der Waals surface area contributed by atoms with Crippen molar-refractivity contribution in [3.05, 3.63) is 23.7 Å². The first-order valence-electron chi connectivity index (χ1n) is 7.43. The summed E-state index contributed by atoms with van der Waals surface area (Å²) < 4.78 is 0. The normalized spacial score (nSPS) is 19.1. The zero-order valence-electron chi connectivity index (χ0n) is 13.2. The summed E-state index contributed by atoms with van der Waals surface area (Å²) in [6.45, 7) is 9.78. The second kappa shape index (κ2) is 7.43. The molecule has 1 aliphatic heterocycles. The van der Waals surface area contributed by atoms with Gasteiger partial charge in [-0.2, -0.15) is 0 Å². The maximum absolute atomic E-state index is 6.24. The highest BCUT2D eigenvalue weighted by Crippen LogP contribution is 2.21. The average Bonchev–Trinajstić information content (AvgIpc) is 2.40. The van der Waals surface area contributed by atoms with Gasteiger partial charge < -0.3 is 20.4 Å². The highest BCUT2D eigenvalue weighted by atomic mass is 15.4. The van der Waals surface area contributed by atoms with Gasteiger partial charge in [0.05, 0.1) is 6.17 Å². The van der Waals surface area contributed by atoms with Crippen molar-refractivity contribution in [3.63, 3.8) is 0 Å². The van der Waals surface area contributed by atoms with Crippen LogP contribution in [0.15, 0.2) is 23.7 Å². The minimum absolute atomic E-state index is 0.0415. The quantitative estimate of drug-likeness (QED) is 0.765. The fraction of sp³-hybridized carbons (Fsp3) is 0.733. The van der Waals surface area contributed by atoms with Crippen molar-refractivity contribution in [3.8, 4) is 0 Å². The zero-order valence-corrected chi connectivity index (χ0v) is 13.2. The van der Waals surface area contributed by atoms with Gasteiger partial charge in [-0.3, -0.25) is 0 Å². The second-order valence-corrected chi connectivity index (χ2v) is 5.20. The Morgan fingerprint density at radius 1 is 1.21 bits per heavy atom. The molecule has 0 aliphatic carbocycles. The zero-order chi connectivity index (χ0) is 14.4. The van der Waals surface area contributed by atoms with Crippen molar-refractivity contribution in [2.75, 3.05) is 33.7 Å². The van der Waals surface area contributed by atoms with E-state index in [9.17, 15) is 0 Å². The van der Waals surface area contributed by atoms with Crippen LogP contribution in [0.4, 0.5) is 0 Å². The van der Waals surface area contributed by atoms with Gasteiger partial charge in [-0.15, -0.1) is 0 Å². The molecular weight excluding hydrogens is 236 g/mol. The molecule has 1 aliphatic rings. The van der Waals surface area contributed by atoms with Crippen molar-refractivity contribution in [2.45, 2.75) is 39.8 Å². The Hall–Kier alpha value is -1.16. The maximum atomic E-state index is 6.24. The van der Waals surface area contributed by atoms with Crippen LogP contribution in [0.1, 0.15) is 33.6 Å². The molecular formula is C15H30N4. The summed E-state index contributed by atoms with van der Waals surface area (Å²) in [6.07, 6.45) is 6.71. The number of hydrogen-bond acceptors (Lipinski definition) is 4. The van der Waals surface area contributed by atoms with Crippen LogP contribution in [-0.2, 0) is 0 Å². The van der Waals surface area contributed by atoms with Gasteiger partial charge in [0.2, 0.25) is 0 Å². The largest absolute Gasteiger partial charge is 0.372 e. The third kappa shape index (κ3) is 3.90. The first kappa shape index (κ1) is 15.9. The molecule has 19 heavy (non-hydrogen) atoms. The third-order valence-electron chi connectivity index (χ3n) is 3.64. The number of nitrogens with two attached hydrogens (primary N) is 1. The van der Waals surface area contributed by atoms with E-state index in [2.05, 4.69) is 61.7 Å². The summed E-state index contributed by atoms with van der Waals surface area (Å²) in [7, 11) is 4.17. The van der Waals surface area contributed by atoms with Gasteiger partial charge in [-0.25, -0.2) is 0 Å². The van der Waals surface area contributed by atoms with Crippen LogP contribution in [0.2, 0.25) is 0 Å². The van der Waals surface area contributed by atoms with Gasteiger partial charge in [0.1, 0.15) is 5.82 Å². The van der Waals surface area contributed by atoms with E-state index in [4.69, 9.17) is 5.73 Å². The van der Waals surface area contributed by atoms with E-state index in [1.54, 1.807) is 0 Å². The summed E-state index contributed by atoms with van der Waals surface area (Å²) in [5, 5.41) is 0. The lowest BCUT2D eigenvalue weighted by molar-refractivity contribution is 0.232. The highest BCUT2D eigenvalue weighted by Gasteiger charge is 2.21. The van der Waals surface area contributed by atoms with Crippen molar-refractivity contribution in [1.29, 1.82) is 0 Å². The van der Waals surface area contributed by atoms with Crippen LogP contribution in [0.25, 0.3) is 0 Å². The lowest BCUT2D eigenvalue weighted by atomic mass is 10.2. The van der Waals surface area contributed by atoms with E-state index in [-0.39, 0.29) is 6.17 Å². The van der Waals surface area contributed by atoms with Crippen LogP contribution < -0.4 is 5.73 Å². The molecule has 0 aromatic carbocycles. The van der Waals surface area contributed by atoms with E-state index in [1.807, 2.05) is 0 Å². The Morgan fingerprint density at radius 2 is 1.79 bits per heavy atom. The SMILES string of the molecule is CCCN(CCC)C1=CC(N)N(C)C(N(C)CC)=C1. The van der Waals surface area contributed by atoms with Gasteiger partial charge in [0, 0.05) is 45.5 Å². The number of rotatable bonds is 7. The Kier molecular flexibility index (Phi) is 6.22. The molecule has 0 aromatic heterocycles. The summed E-state index contributed by atoms with van der Waals surface area (Å²) in [6, 6.07) is 0. The van der Waals surface area contributed by atoms with Crippen molar-refractivity contribution in [2.24, 2.45) is 5.73 Å². The molecule has 0 spiro atoms. The van der Waals surface area contributed by atoms with Crippen molar-refractivity contribution in [1.82, 2.24) is 14.7 Å². The molecule has 110 valence electrons. The smallest absolute Gasteiger partial charge is 0.107 e. The third-order valence-corrected chi connectivity index (χ3v) is 3.64. The van der Waals surface area contributed by atoms with E-state index in [0.29, 0.717) is 0 Å². The second-order valence-electron chi connectivity index (χ2n) is 5.20. The molecule has 4 nitrogen and oxygen atoms in total. The molecule has 1 unspecified atom stereocenters. The predicted octanol–water partition coefficient (Wildman–Crippen LogP) is 2.02. The van der Waals surface area contributed by atoms with Gasteiger partial charge in [-0.1, -0.05) is 13.8 Å². The predicted molar refractivity (Wildman–Crippen MR) is 82.4 cm³/mol. The molecule has 2 N–H and O–H groups in total. The standard InChI is InChI=1S/C15H30N4/c1-6-9-19(10-7-2)13-11-14(16)18(5)15(12-13)17(4)8-3/h11-12,14H,6-10,16H2,1-5H3. The lowest BCUT2D eigenvalue weighted by Crippen LogP contribution is -2.45. The topological polar surface area (TPSA) is 35.7 Å². The van der Waals surface area contributed by atoms with E-state index in [1.165, 1.54) is 11.5 Å². The molecule has 0 fully saturated rings. The Morgan fingerprint density at radius 3 is 2.26 bits per heavy atom. The minimum atomic E-state index is -0.0415. The molecule has 4 heteroatoms. The monoisotopic (exact) mass is 266 g/mol. The summed E-state index contributed by atoms with van der Waals surface area (Å²) in [5.74, 6) is 1.20. The molecule has 0 amide bonds. The Balaban J connectivity index is 2.98. The maximum Gasteiger partial charge on any atom is 0.107 e. The molecule has 0 saturated carbocycles. The molecule has 1 rings (SSSR count). The minimum Gasteiger partial charge on any atom is -0.372 e.